The van der Waals surface area contributed by atoms with Crippen molar-refractivity contribution in [3.8, 4) is 0 Å². The van der Waals surface area contributed by atoms with Gasteiger partial charge in [0.15, 0.2) is 5.50 Å². The molecule has 0 N–H and O–H groups in total. The number of thioether (sulfide) groups is 1. The molecule has 0 spiro atoms. The van der Waals surface area contributed by atoms with E-state index in [-0.39, 0.29) is 5.50 Å². The Bertz CT molecular complexity index is 357. The van der Waals surface area contributed by atoms with Gasteiger partial charge in [-0.15, -0.1) is 0 Å². The van der Waals surface area contributed by atoms with E-state index in [0.717, 1.165) is 17.8 Å². The number of ether oxygens (including phenoxy) is 1. The number of hydrogen-bond donors (Lipinski definition) is 0. The first-order chi connectivity index (χ1) is 6.43. The molecular formula is C9H8N2OS. The maximum Gasteiger partial charge on any atom is 0.173 e. The Morgan fingerprint density at radius 1 is 1.62 bits per heavy atom. The zero-order valence-electron chi connectivity index (χ0n) is 6.88. The summed E-state index contributed by atoms with van der Waals surface area (Å²) in [7, 11) is 0. The smallest absolute Gasteiger partial charge is 0.173 e. The third-order valence-electron chi connectivity index (χ3n) is 2.18. The monoisotopic (exact) mass is 192 g/mol. The van der Waals surface area contributed by atoms with Crippen LogP contribution in [0.15, 0.2) is 40.8 Å². The SMILES string of the molecule is C1=CC2=NC3SC=CN3CC2=CO1. The molecule has 0 saturated carbocycles. The van der Waals surface area contributed by atoms with E-state index in [1.165, 1.54) is 0 Å². The van der Waals surface area contributed by atoms with Crippen molar-refractivity contribution in [2.75, 3.05) is 6.54 Å². The predicted molar refractivity (Wildman–Crippen MR) is 53.0 cm³/mol. The summed E-state index contributed by atoms with van der Waals surface area (Å²) >= 11 is 1.74. The van der Waals surface area contributed by atoms with E-state index in [9.17, 15) is 0 Å². The first kappa shape index (κ1) is 7.26. The van der Waals surface area contributed by atoms with Crippen LogP contribution < -0.4 is 0 Å². The van der Waals surface area contributed by atoms with Crippen LogP contribution >= 0.6 is 11.8 Å². The Morgan fingerprint density at radius 3 is 3.62 bits per heavy atom. The molecular weight excluding hydrogens is 184 g/mol. The van der Waals surface area contributed by atoms with Crippen molar-refractivity contribution in [2.45, 2.75) is 5.50 Å². The molecule has 13 heavy (non-hydrogen) atoms. The largest absolute Gasteiger partial charge is 0.472 e. The van der Waals surface area contributed by atoms with Gasteiger partial charge in [0.1, 0.15) is 0 Å². The molecule has 3 aliphatic rings. The van der Waals surface area contributed by atoms with Gasteiger partial charge in [0.05, 0.1) is 24.8 Å². The van der Waals surface area contributed by atoms with Gasteiger partial charge in [0, 0.05) is 11.8 Å². The highest BCUT2D eigenvalue weighted by Gasteiger charge is 2.27. The molecule has 4 heteroatoms. The Kier molecular flexibility index (Phi) is 1.49. The van der Waals surface area contributed by atoms with Crippen molar-refractivity contribution >= 4 is 17.5 Å². The summed E-state index contributed by atoms with van der Waals surface area (Å²) in [5, 5.41) is 2.08. The van der Waals surface area contributed by atoms with E-state index in [1.54, 1.807) is 24.3 Å². The zero-order valence-corrected chi connectivity index (χ0v) is 7.70. The van der Waals surface area contributed by atoms with Crippen LogP contribution in [0.3, 0.4) is 0 Å². The van der Waals surface area contributed by atoms with Crippen molar-refractivity contribution in [1.82, 2.24) is 4.90 Å². The molecule has 0 aromatic heterocycles. The first-order valence-electron chi connectivity index (χ1n) is 4.10. The van der Waals surface area contributed by atoms with Gasteiger partial charge in [-0.2, -0.15) is 0 Å². The molecule has 0 amide bonds. The summed E-state index contributed by atoms with van der Waals surface area (Å²) in [5.74, 6) is 0. The Morgan fingerprint density at radius 2 is 2.62 bits per heavy atom. The van der Waals surface area contributed by atoms with Gasteiger partial charge in [-0.3, -0.25) is 0 Å². The van der Waals surface area contributed by atoms with Crippen LogP contribution in [0, 0.1) is 0 Å². The summed E-state index contributed by atoms with van der Waals surface area (Å²) in [6.07, 6.45) is 7.44. The molecule has 3 heterocycles. The highest BCUT2D eigenvalue weighted by atomic mass is 32.2. The number of rotatable bonds is 0. The van der Waals surface area contributed by atoms with Crippen LogP contribution in [0.2, 0.25) is 0 Å². The summed E-state index contributed by atoms with van der Waals surface area (Å²) in [4.78, 5) is 6.77. The van der Waals surface area contributed by atoms with Crippen LogP contribution in [-0.2, 0) is 4.74 Å². The van der Waals surface area contributed by atoms with Gasteiger partial charge in [0.25, 0.3) is 0 Å². The van der Waals surface area contributed by atoms with Gasteiger partial charge in [0.2, 0.25) is 0 Å². The second kappa shape index (κ2) is 2.67. The van der Waals surface area contributed by atoms with Gasteiger partial charge in [-0.05, 0) is 11.5 Å². The lowest BCUT2D eigenvalue weighted by Gasteiger charge is -2.29. The Balaban J connectivity index is 2.00. The molecule has 0 fully saturated rings. The number of allylic oxidation sites excluding steroid dienone is 1. The molecule has 1 unspecified atom stereocenters. The van der Waals surface area contributed by atoms with Crippen LogP contribution in [0.1, 0.15) is 0 Å². The van der Waals surface area contributed by atoms with E-state index in [2.05, 4.69) is 21.5 Å². The van der Waals surface area contributed by atoms with E-state index in [0.29, 0.717) is 0 Å². The van der Waals surface area contributed by atoms with Crippen molar-refractivity contribution in [2.24, 2.45) is 4.99 Å². The lowest BCUT2D eigenvalue weighted by atomic mass is 10.1. The minimum atomic E-state index is 0.245. The van der Waals surface area contributed by atoms with Gasteiger partial charge in [-0.25, -0.2) is 4.99 Å². The van der Waals surface area contributed by atoms with Crippen LogP contribution in [0.5, 0.6) is 0 Å². The van der Waals surface area contributed by atoms with Crippen molar-refractivity contribution in [3.63, 3.8) is 0 Å². The van der Waals surface area contributed by atoms with Gasteiger partial charge in [-0.1, -0.05) is 11.8 Å². The van der Waals surface area contributed by atoms with Gasteiger partial charge >= 0.3 is 0 Å². The van der Waals surface area contributed by atoms with Crippen molar-refractivity contribution in [3.05, 3.63) is 35.8 Å². The average molecular weight is 192 g/mol. The summed E-state index contributed by atoms with van der Waals surface area (Å²) < 4.78 is 5.11. The average Bonchev–Trinajstić information content (AvgIpc) is 2.61. The number of fused-ring (bicyclic) bond motifs is 2. The minimum Gasteiger partial charge on any atom is -0.472 e. The number of nitrogens with zero attached hydrogens (tertiary/aromatic N) is 2. The lowest BCUT2D eigenvalue weighted by molar-refractivity contribution is 0.362. The Hall–Kier alpha value is -1.16. The van der Waals surface area contributed by atoms with Gasteiger partial charge < -0.3 is 9.64 Å². The molecule has 0 aliphatic carbocycles. The zero-order chi connectivity index (χ0) is 8.67. The van der Waals surface area contributed by atoms with Crippen LogP contribution in [0.4, 0.5) is 0 Å². The molecule has 66 valence electrons. The number of aliphatic imine (C=N–C) groups is 1. The maximum atomic E-state index is 5.11. The van der Waals surface area contributed by atoms with Crippen molar-refractivity contribution in [1.29, 1.82) is 0 Å². The van der Waals surface area contributed by atoms with E-state index in [1.807, 2.05) is 6.08 Å². The molecule has 3 nitrogen and oxygen atoms in total. The fourth-order valence-electron chi connectivity index (χ4n) is 1.52. The molecule has 0 saturated heterocycles. The fraction of sp³-hybridized carbons (Fsp3) is 0.222. The molecule has 0 bridgehead atoms. The molecule has 0 aromatic carbocycles. The van der Waals surface area contributed by atoms with E-state index in [4.69, 9.17) is 4.74 Å². The normalized spacial score (nSPS) is 28.9. The quantitative estimate of drug-likeness (QED) is 0.583. The predicted octanol–water partition coefficient (Wildman–Crippen LogP) is 1.67. The van der Waals surface area contributed by atoms with Crippen LogP contribution in [-0.4, -0.2) is 22.7 Å². The Labute approximate surface area is 80.5 Å². The van der Waals surface area contributed by atoms with E-state index >= 15 is 0 Å². The second-order valence-corrected chi connectivity index (χ2v) is 3.98. The fourth-order valence-corrected chi connectivity index (χ4v) is 2.37. The first-order valence-corrected chi connectivity index (χ1v) is 5.05. The topological polar surface area (TPSA) is 24.8 Å². The van der Waals surface area contributed by atoms with Crippen LogP contribution in [0.25, 0.3) is 0 Å². The lowest BCUT2D eigenvalue weighted by Crippen LogP contribution is -2.33. The summed E-state index contributed by atoms with van der Waals surface area (Å²) in [6, 6.07) is 0. The molecule has 3 aliphatic heterocycles. The highest BCUT2D eigenvalue weighted by Crippen LogP contribution is 2.31. The number of hydrogen-bond acceptors (Lipinski definition) is 4. The third-order valence-corrected chi connectivity index (χ3v) is 3.08. The molecule has 0 radical (unpaired) electrons. The maximum absolute atomic E-state index is 5.11. The summed E-state index contributed by atoms with van der Waals surface area (Å²) in [5.41, 5.74) is 2.46. The van der Waals surface area contributed by atoms with Crippen molar-refractivity contribution < 1.29 is 4.74 Å². The standard InChI is InChI=1S/C9H8N2OS/c1-3-12-6-7-5-11-2-4-13-9(11)10-8(1)7/h1-4,6,9H,5H2. The second-order valence-electron chi connectivity index (χ2n) is 3.02. The highest BCUT2D eigenvalue weighted by molar-refractivity contribution is 8.02. The van der Waals surface area contributed by atoms with E-state index < -0.39 is 0 Å². The molecule has 3 rings (SSSR count). The molecule has 1 atom stereocenters. The molecule has 0 aromatic rings. The third kappa shape index (κ3) is 1.09. The summed E-state index contributed by atoms with van der Waals surface area (Å²) in [6.45, 7) is 0.900. The minimum absolute atomic E-state index is 0.245.